The summed E-state index contributed by atoms with van der Waals surface area (Å²) in [6.07, 6.45) is 4.99. The molecule has 23 heavy (non-hydrogen) atoms. The second-order valence-corrected chi connectivity index (χ2v) is 5.20. The highest BCUT2D eigenvalue weighted by Gasteiger charge is 2.09. The van der Waals surface area contributed by atoms with Gasteiger partial charge in [-0.3, -0.25) is 15.4 Å². The lowest BCUT2D eigenvalue weighted by Crippen LogP contribution is -2.20. The van der Waals surface area contributed by atoms with Crippen molar-refractivity contribution in [1.29, 1.82) is 0 Å². The van der Waals surface area contributed by atoms with Crippen LogP contribution in [0.4, 0.5) is 16.3 Å². The molecular formula is C15H13ClN6O. The minimum Gasteiger partial charge on any atom is -0.307 e. The molecule has 0 saturated heterocycles. The number of urea groups is 1. The van der Waals surface area contributed by atoms with Crippen LogP contribution in [0.3, 0.4) is 0 Å². The molecule has 3 rings (SSSR count). The minimum atomic E-state index is -0.417. The summed E-state index contributed by atoms with van der Waals surface area (Å²) in [6, 6.07) is 6.61. The number of amides is 2. The van der Waals surface area contributed by atoms with Crippen LogP contribution >= 0.6 is 11.6 Å². The molecule has 0 unspecified atom stereocenters. The lowest BCUT2D eigenvalue weighted by molar-refractivity contribution is 0.262. The quantitative estimate of drug-likeness (QED) is 0.641. The molecule has 0 fully saturated rings. The number of hydrogen-bond donors (Lipinski definition) is 3. The van der Waals surface area contributed by atoms with Crippen LogP contribution in [0.1, 0.15) is 5.56 Å². The summed E-state index contributed by atoms with van der Waals surface area (Å²) in [5, 5.41) is 12.6. The zero-order valence-electron chi connectivity index (χ0n) is 12.2. The highest BCUT2D eigenvalue weighted by Crippen LogP contribution is 2.20. The maximum atomic E-state index is 12.0. The molecule has 0 aliphatic rings. The molecule has 0 aliphatic heterocycles. The van der Waals surface area contributed by atoms with Gasteiger partial charge in [-0.2, -0.15) is 5.10 Å². The number of aromatic nitrogens is 4. The molecule has 3 aromatic rings. The van der Waals surface area contributed by atoms with E-state index >= 15 is 0 Å². The Balaban J connectivity index is 1.69. The molecule has 0 aromatic carbocycles. The highest BCUT2D eigenvalue weighted by molar-refractivity contribution is 6.29. The fourth-order valence-electron chi connectivity index (χ4n) is 1.96. The van der Waals surface area contributed by atoms with Crippen molar-refractivity contribution in [3.63, 3.8) is 0 Å². The first kappa shape index (κ1) is 15.0. The van der Waals surface area contributed by atoms with Crippen LogP contribution in [-0.2, 0) is 0 Å². The Kier molecular flexibility index (Phi) is 4.20. The van der Waals surface area contributed by atoms with E-state index in [9.17, 15) is 4.79 Å². The average Bonchev–Trinajstić information content (AvgIpc) is 3.00. The third-order valence-electron chi connectivity index (χ3n) is 3.11. The first-order valence-corrected chi connectivity index (χ1v) is 7.15. The molecule has 2 amide bonds. The third kappa shape index (κ3) is 3.64. The topological polar surface area (TPSA) is 95.6 Å². The number of H-pyrrole nitrogens is 1. The Labute approximate surface area is 137 Å². The number of nitrogens with one attached hydrogen (secondary N) is 3. The van der Waals surface area contributed by atoms with E-state index in [-0.39, 0.29) is 0 Å². The maximum Gasteiger partial charge on any atom is 0.324 e. The number of halogens is 1. The number of carbonyl (C=O) groups is 1. The van der Waals surface area contributed by atoms with Gasteiger partial charge in [-0.05, 0) is 30.7 Å². The molecule has 0 radical (unpaired) electrons. The van der Waals surface area contributed by atoms with Crippen LogP contribution in [0.2, 0.25) is 5.15 Å². The monoisotopic (exact) mass is 328 g/mol. The van der Waals surface area contributed by atoms with Crippen LogP contribution in [0, 0.1) is 6.92 Å². The second kappa shape index (κ2) is 6.45. The molecule has 0 bridgehead atoms. The Bertz CT molecular complexity index is 833. The van der Waals surface area contributed by atoms with Crippen LogP contribution < -0.4 is 10.6 Å². The van der Waals surface area contributed by atoms with Crippen molar-refractivity contribution in [2.75, 3.05) is 10.6 Å². The zero-order chi connectivity index (χ0) is 16.2. The van der Waals surface area contributed by atoms with Gasteiger partial charge in [0, 0.05) is 35.9 Å². The van der Waals surface area contributed by atoms with E-state index in [0.717, 1.165) is 16.8 Å². The largest absolute Gasteiger partial charge is 0.324 e. The average molecular weight is 329 g/mol. The van der Waals surface area contributed by atoms with E-state index in [2.05, 4.69) is 30.8 Å². The van der Waals surface area contributed by atoms with Crippen LogP contribution in [-0.4, -0.2) is 26.2 Å². The summed E-state index contributed by atoms with van der Waals surface area (Å²) in [7, 11) is 0. The molecule has 3 heterocycles. The van der Waals surface area contributed by atoms with Gasteiger partial charge in [-0.15, -0.1) is 0 Å². The molecular weight excluding hydrogens is 316 g/mol. The molecule has 3 N–H and O–H groups in total. The normalized spacial score (nSPS) is 10.3. The van der Waals surface area contributed by atoms with Gasteiger partial charge in [0.25, 0.3) is 0 Å². The molecule has 0 aliphatic carbocycles. The van der Waals surface area contributed by atoms with Crippen molar-refractivity contribution in [1.82, 2.24) is 20.2 Å². The van der Waals surface area contributed by atoms with Crippen molar-refractivity contribution in [3.8, 4) is 11.3 Å². The summed E-state index contributed by atoms with van der Waals surface area (Å²) in [6.45, 7) is 1.83. The van der Waals surface area contributed by atoms with Crippen LogP contribution in [0.5, 0.6) is 0 Å². The van der Waals surface area contributed by atoms with Crippen molar-refractivity contribution in [2.45, 2.75) is 6.92 Å². The summed E-state index contributed by atoms with van der Waals surface area (Å²) in [5.74, 6) is 0.402. The lowest BCUT2D eigenvalue weighted by Gasteiger charge is -2.08. The first-order valence-electron chi connectivity index (χ1n) is 6.78. The molecule has 8 heteroatoms. The Morgan fingerprint density at radius 1 is 1.26 bits per heavy atom. The van der Waals surface area contributed by atoms with Crippen molar-refractivity contribution < 1.29 is 4.79 Å². The molecule has 0 saturated carbocycles. The van der Waals surface area contributed by atoms with E-state index in [1.807, 2.05) is 19.1 Å². The minimum absolute atomic E-state index is 0.310. The number of anilines is 2. The molecule has 3 aromatic heterocycles. The van der Waals surface area contributed by atoms with Gasteiger partial charge >= 0.3 is 6.03 Å². The number of carbonyl (C=O) groups excluding carboxylic acids is 1. The van der Waals surface area contributed by atoms with Gasteiger partial charge < -0.3 is 5.32 Å². The number of nitrogens with zero attached hydrogens (tertiary/aromatic N) is 3. The van der Waals surface area contributed by atoms with Gasteiger partial charge in [0.1, 0.15) is 5.15 Å². The van der Waals surface area contributed by atoms with Gasteiger partial charge in [-0.25, -0.2) is 9.78 Å². The van der Waals surface area contributed by atoms with Crippen molar-refractivity contribution in [2.24, 2.45) is 0 Å². The van der Waals surface area contributed by atoms with Crippen molar-refractivity contribution >= 4 is 29.1 Å². The number of hydrogen-bond acceptors (Lipinski definition) is 4. The van der Waals surface area contributed by atoms with Gasteiger partial charge in [0.2, 0.25) is 0 Å². The smallest absolute Gasteiger partial charge is 0.307 e. The van der Waals surface area contributed by atoms with E-state index in [4.69, 9.17) is 11.6 Å². The van der Waals surface area contributed by atoms with Gasteiger partial charge in [0.05, 0.1) is 5.69 Å². The zero-order valence-corrected chi connectivity index (χ0v) is 12.9. The first-order chi connectivity index (χ1) is 11.1. The third-order valence-corrected chi connectivity index (χ3v) is 3.32. The van der Waals surface area contributed by atoms with Gasteiger partial charge in [-0.1, -0.05) is 11.6 Å². The molecule has 0 atom stereocenters. The second-order valence-electron chi connectivity index (χ2n) is 4.81. The maximum absolute atomic E-state index is 12.0. The SMILES string of the molecule is Cc1cnc(Cl)cc1NC(=O)Nc1cc(-c2cccnc2)[nH]n1. The number of rotatable bonds is 3. The summed E-state index contributed by atoms with van der Waals surface area (Å²) in [5.41, 5.74) is 3.04. The predicted octanol–water partition coefficient (Wildman–Crippen LogP) is 3.47. The fraction of sp³-hybridized carbons (Fsp3) is 0.0667. The van der Waals surface area contributed by atoms with Crippen LogP contribution in [0.25, 0.3) is 11.3 Å². The van der Waals surface area contributed by atoms with E-state index in [1.54, 1.807) is 30.7 Å². The standard InChI is InChI=1S/C15H13ClN6O/c1-9-7-18-13(16)5-11(9)19-15(23)20-14-6-12(21-22-14)10-3-2-4-17-8-10/h2-8H,1H3,(H3,18,19,20,21,22,23). The molecule has 0 spiro atoms. The highest BCUT2D eigenvalue weighted by atomic mass is 35.5. The summed E-state index contributed by atoms with van der Waals surface area (Å²) in [4.78, 5) is 20.0. The Hall–Kier alpha value is -2.93. The van der Waals surface area contributed by atoms with E-state index in [0.29, 0.717) is 16.7 Å². The number of aryl methyl sites for hydroxylation is 1. The van der Waals surface area contributed by atoms with E-state index < -0.39 is 6.03 Å². The Morgan fingerprint density at radius 3 is 2.91 bits per heavy atom. The lowest BCUT2D eigenvalue weighted by atomic mass is 10.2. The van der Waals surface area contributed by atoms with Crippen molar-refractivity contribution in [3.05, 3.63) is 53.6 Å². The summed E-state index contributed by atoms with van der Waals surface area (Å²) >= 11 is 5.83. The fourth-order valence-corrected chi connectivity index (χ4v) is 2.12. The number of aromatic amines is 1. The molecule has 116 valence electrons. The molecule has 7 nitrogen and oxygen atoms in total. The Morgan fingerprint density at radius 2 is 2.13 bits per heavy atom. The predicted molar refractivity (Wildman–Crippen MR) is 88.4 cm³/mol. The number of pyridine rings is 2. The van der Waals surface area contributed by atoms with E-state index in [1.165, 1.54) is 0 Å². The van der Waals surface area contributed by atoms with Gasteiger partial charge in [0.15, 0.2) is 5.82 Å². The summed E-state index contributed by atoms with van der Waals surface area (Å²) < 4.78 is 0. The van der Waals surface area contributed by atoms with Crippen LogP contribution in [0.15, 0.2) is 42.9 Å².